The summed E-state index contributed by atoms with van der Waals surface area (Å²) in [6.45, 7) is 5.28. The number of hydrogen-bond acceptors (Lipinski definition) is 5. The van der Waals surface area contributed by atoms with Crippen molar-refractivity contribution in [2.75, 3.05) is 26.9 Å². The number of ether oxygens (including phenoxy) is 3. The predicted molar refractivity (Wildman–Crippen MR) is 94.8 cm³/mol. The topological polar surface area (TPSA) is 61.8 Å². The third-order valence-corrected chi connectivity index (χ3v) is 3.83. The first-order chi connectivity index (χ1) is 11.6. The Kier molecular flexibility index (Phi) is 16.0. The number of carbonyl (C=O) groups is 2. The summed E-state index contributed by atoms with van der Waals surface area (Å²) in [7, 11) is 1.58. The summed E-state index contributed by atoms with van der Waals surface area (Å²) in [5.41, 5.74) is 0. The molecule has 0 bridgehead atoms. The third-order valence-electron chi connectivity index (χ3n) is 3.83. The number of esters is 2. The quantitative estimate of drug-likeness (QED) is 0.309. The van der Waals surface area contributed by atoms with Crippen molar-refractivity contribution in [2.45, 2.75) is 78.1 Å². The molecule has 1 unspecified atom stereocenters. The van der Waals surface area contributed by atoms with Crippen LogP contribution >= 0.6 is 0 Å². The molecule has 142 valence electrons. The molecule has 0 saturated carbocycles. The maximum Gasteiger partial charge on any atom is 0.306 e. The summed E-state index contributed by atoms with van der Waals surface area (Å²) in [5.74, 6) is -0.582. The van der Waals surface area contributed by atoms with Gasteiger partial charge in [-0.1, -0.05) is 52.4 Å². The van der Waals surface area contributed by atoms with Gasteiger partial charge in [0.2, 0.25) is 0 Å². The van der Waals surface area contributed by atoms with Gasteiger partial charge >= 0.3 is 11.9 Å². The molecule has 0 aromatic heterocycles. The van der Waals surface area contributed by atoms with Crippen molar-refractivity contribution < 1.29 is 23.8 Å². The standard InChI is InChI=1S/C19H36O5/c1-4-6-8-9-10-11-12-18(20)24-16-17(15-22-3)14-19(21)23-13-7-5-2/h17H,4-16H2,1-3H3. The van der Waals surface area contributed by atoms with Crippen molar-refractivity contribution in [3.05, 3.63) is 0 Å². The molecular weight excluding hydrogens is 308 g/mol. The number of methoxy groups -OCH3 is 1. The second-order valence-electron chi connectivity index (χ2n) is 6.30. The van der Waals surface area contributed by atoms with Gasteiger partial charge in [-0.15, -0.1) is 0 Å². The van der Waals surface area contributed by atoms with Crippen LogP contribution in [0.2, 0.25) is 0 Å². The average molecular weight is 344 g/mol. The van der Waals surface area contributed by atoms with Crippen LogP contribution in [0.1, 0.15) is 78.1 Å². The Hall–Kier alpha value is -1.10. The van der Waals surface area contributed by atoms with Crippen LogP contribution in [-0.4, -0.2) is 38.9 Å². The van der Waals surface area contributed by atoms with Gasteiger partial charge in [-0.25, -0.2) is 0 Å². The SMILES string of the molecule is CCCCCCCCC(=O)OCC(COC)CC(=O)OCCCC. The molecule has 0 aromatic rings. The molecule has 1 atom stereocenters. The van der Waals surface area contributed by atoms with Crippen LogP contribution in [0.3, 0.4) is 0 Å². The lowest BCUT2D eigenvalue weighted by atomic mass is 10.1. The van der Waals surface area contributed by atoms with Crippen molar-refractivity contribution in [3.63, 3.8) is 0 Å². The van der Waals surface area contributed by atoms with E-state index in [9.17, 15) is 9.59 Å². The fraction of sp³-hybridized carbons (Fsp3) is 0.895. The van der Waals surface area contributed by atoms with E-state index >= 15 is 0 Å². The molecule has 0 fully saturated rings. The minimum absolute atomic E-state index is 0.141. The molecule has 0 heterocycles. The van der Waals surface area contributed by atoms with Crippen LogP contribution in [0, 0.1) is 5.92 Å². The minimum atomic E-state index is -0.252. The van der Waals surface area contributed by atoms with E-state index in [1.54, 1.807) is 7.11 Å². The summed E-state index contributed by atoms with van der Waals surface area (Å²) in [5, 5.41) is 0. The maximum atomic E-state index is 11.8. The third kappa shape index (κ3) is 14.5. The van der Waals surface area contributed by atoms with Gasteiger partial charge in [0.1, 0.15) is 0 Å². The van der Waals surface area contributed by atoms with Gasteiger partial charge in [-0.05, 0) is 12.8 Å². The predicted octanol–water partition coefficient (Wildman–Crippen LogP) is 4.28. The maximum absolute atomic E-state index is 11.8. The van der Waals surface area contributed by atoms with E-state index in [-0.39, 0.29) is 30.9 Å². The molecule has 0 saturated heterocycles. The van der Waals surface area contributed by atoms with E-state index in [2.05, 4.69) is 6.92 Å². The van der Waals surface area contributed by atoms with E-state index in [0.29, 0.717) is 19.6 Å². The Balaban J connectivity index is 3.85. The average Bonchev–Trinajstić information content (AvgIpc) is 2.56. The zero-order valence-electron chi connectivity index (χ0n) is 15.8. The Morgan fingerprint density at radius 1 is 0.792 bits per heavy atom. The van der Waals surface area contributed by atoms with E-state index in [0.717, 1.165) is 25.7 Å². The van der Waals surface area contributed by atoms with E-state index < -0.39 is 0 Å². The van der Waals surface area contributed by atoms with Crippen molar-refractivity contribution in [3.8, 4) is 0 Å². The molecule has 0 rings (SSSR count). The molecule has 0 amide bonds. The van der Waals surface area contributed by atoms with Gasteiger partial charge in [0.05, 0.1) is 26.2 Å². The second kappa shape index (κ2) is 16.7. The zero-order chi connectivity index (χ0) is 18.0. The van der Waals surface area contributed by atoms with Gasteiger partial charge in [-0.3, -0.25) is 9.59 Å². The van der Waals surface area contributed by atoms with E-state index in [1.165, 1.54) is 25.7 Å². The minimum Gasteiger partial charge on any atom is -0.466 e. The first kappa shape index (κ1) is 22.9. The first-order valence-electron chi connectivity index (χ1n) is 9.44. The number of rotatable bonds is 16. The number of unbranched alkanes of at least 4 members (excludes halogenated alkanes) is 6. The molecule has 0 aliphatic heterocycles. The highest BCUT2D eigenvalue weighted by atomic mass is 16.5. The highest BCUT2D eigenvalue weighted by Crippen LogP contribution is 2.10. The Labute approximate surface area is 147 Å². The lowest BCUT2D eigenvalue weighted by molar-refractivity contribution is -0.151. The summed E-state index contributed by atoms with van der Waals surface area (Å²) >= 11 is 0. The van der Waals surface area contributed by atoms with Gasteiger partial charge < -0.3 is 14.2 Å². The molecule has 0 radical (unpaired) electrons. The molecule has 0 aromatic carbocycles. The monoisotopic (exact) mass is 344 g/mol. The molecule has 5 nitrogen and oxygen atoms in total. The summed E-state index contributed by atoms with van der Waals surface area (Å²) in [4.78, 5) is 23.5. The summed E-state index contributed by atoms with van der Waals surface area (Å²) in [6.07, 6.45) is 9.38. The lowest BCUT2D eigenvalue weighted by Gasteiger charge is -2.15. The zero-order valence-corrected chi connectivity index (χ0v) is 15.8. The normalized spacial score (nSPS) is 12.0. The molecule has 5 heteroatoms. The molecule has 0 spiro atoms. The van der Waals surface area contributed by atoms with Gasteiger partial charge in [0.25, 0.3) is 0 Å². The highest BCUT2D eigenvalue weighted by molar-refractivity contribution is 5.70. The van der Waals surface area contributed by atoms with E-state index in [1.807, 2.05) is 6.92 Å². The Morgan fingerprint density at radius 2 is 1.46 bits per heavy atom. The van der Waals surface area contributed by atoms with Crippen LogP contribution in [0.5, 0.6) is 0 Å². The largest absolute Gasteiger partial charge is 0.466 e. The fourth-order valence-electron chi connectivity index (χ4n) is 2.36. The van der Waals surface area contributed by atoms with Crippen LogP contribution in [0.15, 0.2) is 0 Å². The van der Waals surface area contributed by atoms with Crippen molar-refractivity contribution in [1.29, 1.82) is 0 Å². The molecule has 0 aliphatic rings. The summed E-state index contributed by atoms with van der Waals surface area (Å²) in [6, 6.07) is 0. The molecular formula is C19H36O5. The van der Waals surface area contributed by atoms with Gasteiger partial charge in [0.15, 0.2) is 0 Å². The van der Waals surface area contributed by atoms with Crippen LogP contribution in [0.25, 0.3) is 0 Å². The van der Waals surface area contributed by atoms with Gasteiger partial charge in [-0.2, -0.15) is 0 Å². The van der Waals surface area contributed by atoms with Gasteiger partial charge in [0, 0.05) is 19.4 Å². The van der Waals surface area contributed by atoms with Crippen LogP contribution < -0.4 is 0 Å². The fourth-order valence-corrected chi connectivity index (χ4v) is 2.36. The number of hydrogen-bond donors (Lipinski definition) is 0. The molecule has 0 N–H and O–H groups in total. The molecule has 24 heavy (non-hydrogen) atoms. The smallest absolute Gasteiger partial charge is 0.306 e. The Morgan fingerprint density at radius 3 is 2.12 bits per heavy atom. The van der Waals surface area contributed by atoms with Crippen LogP contribution in [0.4, 0.5) is 0 Å². The lowest BCUT2D eigenvalue weighted by Crippen LogP contribution is -2.22. The summed E-state index contributed by atoms with van der Waals surface area (Å²) < 4.78 is 15.5. The number of carbonyl (C=O) groups excluding carboxylic acids is 2. The van der Waals surface area contributed by atoms with Crippen LogP contribution in [-0.2, 0) is 23.8 Å². The van der Waals surface area contributed by atoms with Crippen molar-refractivity contribution >= 4 is 11.9 Å². The van der Waals surface area contributed by atoms with Crippen molar-refractivity contribution in [2.24, 2.45) is 5.92 Å². The first-order valence-corrected chi connectivity index (χ1v) is 9.44. The van der Waals surface area contributed by atoms with Crippen molar-refractivity contribution in [1.82, 2.24) is 0 Å². The second-order valence-corrected chi connectivity index (χ2v) is 6.30. The Bertz CT molecular complexity index is 317. The van der Waals surface area contributed by atoms with E-state index in [4.69, 9.17) is 14.2 Å². The highest BCUT2D eigenvalue weighted by Gasteiger charge is 2.17. The molecule has 0 aliphatic carbocycles.